The van der Waals surface area contributed by atoms with Crippen LogP contribution < -0.4 is 10.6 Å². The number of fused-ring (bicyclic) bond motifs is 1. The third kappa shape index (κ3) is 5.87. The van der Waals surface area contributed by atoms with Gasteiger partial charge in [-0.2, -0.15) is 5.10 Å². The fourth-order valence-electron chi connectivity index (χ4n) is 3.85. The highest BCUT2D eigenvalue weighted by Gasteiger charge is 2.26. The lowest BCUT2D eigenvalue weighted by atomic mass is 10.1. The van der Waals surface area contributed by atoms with Crippen molar-refractivity contribution in [1.29, 1.82) is 0 Å². The van der Waals surface area contributed by atoms with Gasteiger partial charge >= 0.3 is 5.97 Å². The molecule has 3 aromatic rings. The molecule has 0 saturated carbocycles. The summed E-state index contributed by atoms with van der Waals surface area (Å²) in [7, 11) is 0. The van der Waals surface area contributed by atoms with Crippen LogP contribution in [-0.2, 0) is 24.1 Å². The Morgan fingerprint density at radius 2 is 2.06 bits per heavy atom. The maximum Gasteiger partial charge on any atom is 0.341 e. The van der Waals surface area contributed by atoms with Crippen LogP contribution in [0.25, 0.3) is 0 Å². The van der Waals surface area contributed by atoms with E-state index in [2.05, 4.69) is 15.7 Å². The van der Waals surface area contributed by atoms with E-state index in [1.165, 1.54) is 11.3 Å². The molecule has 0 bridgehead atoms. The number of nitrogens with one attached hydrogen (secondary N) is 2. The Hall–Kier alpha value is -2.13. The molecule has 2 heterocycles. The van der Waals surface area contributed by atoms with Gasteiger partial charge in [0.15, 0.2) is 5.11 Å². The van der Waals surface area contributed by atoms with Gasteiger partial charge in [0.1, 0.15) is 5.00 Å². The summed E-state index contributed by atoms with van der Waals surface area (Å²) < 4.78 is 7.10. The molecule has 174 valence electrons. The van der Waals surface area contributed by atoms with Crippen molar-refractivity contribution < 1.29 is 9.53 Å². The molecule has 2 aromatic heterocycles. The Morgan fingerprint density at radius 3 is 2.85 bits per heavy atom. The molecule has 0 aliphatic heterocycles. The largest absolute Gasteiger partial charge is 0.462 e. The molecule has 1 aliphatic carbocycles. The van der Waals surface area contributed by atoms with E-state index in [1.54, 1.807) is 34.3 Å². The average molecular weight is 524 g/mol. The van der Waals surface area contributed by atoms with Gasteiger partial charge in [0.05, 0.1) is 30.6 Å². The number of aromatic nitrogens is 2. The highest BCUT2D eigenvalue weighted by molar-refractivity contribution is 7.80. The molecule has 0 unspecified atom stereocenters. The topological polar surface area (TPSA) is 68.2 Å². The Kier molecular flexibility index (Phi) is 7.90. The summed E-state index contributed by atoms with van der Waals surface area (Å²) in [5, 5.41) is 13.0. The minimum Gasteiger partial charge on any atom is -0.462 e. The number of hydrogen-bond acceptors (Lipinski definition) is 5. The van der Waals surface area contributed by atoms with E-state index in [-0.39, 0.29) is 5.97 Å². The molecule has 0 radical (unpaired) electrons. The first-order valence-corrected chi connectivity index (χ1v) is 12.8. The number of rotatable bonds is 6. The number of halogens is 2. The van der Waals surface area contributed by atoms with Gasteiger partial charge in [0.2, 0.25) is 0 Å². The molecule has 6 nitrogen and oxygen atoms in total. The van der Waals surface area contributed by atoms with Gasteiger partial charge < -0.3 is 15.4 Å². The maximum atomic E-state index is 12.7. The fourth-order valence-corrected chi connectivity index (χ4v) is 5.89. The average Bonchev–Trinajstić information content (AvgIpc) is 3.26. The molecule has 33 heavy (non-hydrogen) atoms. The minimum atomic E-state index is -0.296. The highest BCUT2D eigenvalue weighted by atomic mass is 35.5. The van der Waals surface area contributed by atoms with Gasteiger partial charge in [0, 0.05) is 21.1 Å². The van der Waals surface area contributed by atoms with E-state index >= 15 is 0 Å². The normalized spacial score (nSPS) is 13.2. The van der Waals surface area contributed by atoms with Crippen molar-refractivity contribution in [1.82, 2.24) is 9.78 Å². The number of carbonyl (C=O) groups excluding carboxylic acids is 1. The van der Waals surface area contributed by atoms with Gasteiger partial charge in [-0.25, -0.2) is 4.79 Å². The SMILES string of the molecule is CCOC(=O)c1c(NC(=S)Nc2cnn(Cc3ccc(Cl)cc3Cl)c2)sc2c1CCCCC2. The van der Waals surface area contributed by atoms with Crippen LogP contribution >= 0.6 is 46.8 Å². The zero-order valence-corrected chi connectivity index (χ0v) is 21.3. The van der Waals surface area contributed by atoms with E-state index in [1.807, 2.05) is 19.2 Å². The molecule has 0 saturated heterocycles. The second-order valence-corrected chi connectivity index (χ2v) is 10.1. The molecule has 4 rings (SSSR count). The van der Waals surface area contributed by atoms with Gasteiger partial charge in [-0.15, -0.1) is 11.3 Å². The van der Waals surface area contributed by atoms with E-state index in [0.29, 0.717) is 33.9 Å². The van der Waals surface area contributed by atoms with Crippen LogP contribution in [0.3, 0.4) is 0 Å². The number of esters is 1. The van der Waals surface area contributed by atoms with Crippen molar-refractivity contribution in [3.05, 3.63) is 62.2 Å². The summed E-state index contributed by atoms with van der Waals surface area (Å²) in [6.07, 6.45) is 8.79. The van der Waals surface area contributed by atoms with Crippen molar-refractivity contribution in [3.63, 3.8) is 0 Å². The number of anilines is 2. The third-order valence-electron chi connectivity index (χ3n) is 5.37. The van der Waals surface area contributed by atoms with E-state index in [4.69, 9.17) is 40.2 Å². The lowest BCUT2D eigenvalue weighted by Gasteiger charge is -2.10. The minimum absolute atomic E-state index is 0.296. The van der Waals surface area contributed by atoms with Crippen LogP contribution in [0, 0.1) is 0 Å². The number of thiophene rings is 1. The predicted molar refractivity (Wildman–Crippen MR) is 139 cm³/mol. The number of ether oxygens (including phenoxy) is 1. The van der Waals surface area contributed by atoms with Crippen LogP contribution in [0.15, 0.2) is 30.6 Å². The highest BCUT2D eigenvalue weighted by Crippen LogP contribution is 2.38. The Morgan fingerprint density at radius 1 is 1.24 bits per heavy atom. The van der Waals surface area contributed by atoms with Crippen molar-refractivity contribution >= 4 is 68.5 Å². The first kappa shape index (κ1) is 24.0. The number of carbonyl (C=O) groups is 1. The number of benzene rings is 1. The quantitative estimate of drug-likeness (QED) is 0.217. The maximum absolute atomic E-state index is 12.7. The fraction of sp³-hybridized carbons (Fsp3) is 0.348. The Bertz CT molecular complexity index is 1180. The van der Waals surface area contributed by atoms with E-state index in [9.17, 15) is 4.79 Å². The van der Waals surface area contributed by atoms with Gasteiger partial charge in [-0.1, -0.05) is 35.7 Å². The number of nitrogens with zero attached hydrogens (tertiary/aromatic N) is 2. The summed E-state index contributed by atoms with van der Waals surface area (Å²) in [4.78, 5) is 14.0. The smallest absolute Gasteiger partial charge is 0.341 e. The third-order valence-corrected chi connectivity index (χ3v) is 7.36. The zero-order valence-electron chi connectivity index (χ0n) is 18.1. The molecular formula is C23H24Cl2N4O2S2. The first-order valence-electron chi connectivity index (χ1n) is 10.8. The summed E-state index contributed by atoms with van der Waals surface area (Å²) >= 11 is 19.4. The molecule has 0 atom stereocenters. The second-order valence-electron chi connectivity index (χ2n) is 7.73. The molecule has 0 fully saturated rings. The van der Waals surface area contributed by atoms with Crippen LogP contribution in [0.5, 0.6) is 0 Å². The van der Waals surface area contributed by atoms with Crippen molar-refractivity contribution in [3.8, 4) is 0 Å². The van der Waals surface area contributed by atoms with E-state index in [0.717, 1.165) is 47.5 Å². The summed E-state index contributed by atoms with van der Waals surface area (Å²) in [6, 6.07) is 5.39. The molecule has 0 amide bonds. The Labute approximate surface area is 212 Å². The molecular weight excluding hydrogens is 499 g/mol. The van der Waals surface area contributed by atoms with E-state index < -0.39 is 0 Å². The Balaban J connectivity index is 1.46. The van der Waals surface area contributed by atoms with Gasteiger partial charge in [0.25, 0.3) is 0 Å². The number of thiocarbonyl (C=S) groups is 1. The molecule has 1 aromatic carbocycles. The lowest BCUT2D eigenvalue weighted by Crippen LogP contribution is -2.20. The van der Waals surface area contributed by atoms with Crippen LogP contribution in [0.2, 0.25) is 10.0 Å². The lowest BCUT2D eigenvalue weighted by molar-refractivity contribution is 0.0527. The predicted octanol–water partition coefficient (Wildman–Crippen LogP) is 6.55. The van der Waals surface area contributed by atoms with Crippen LogP contribution in [0.4, 0.5) is 10.7 Å². The zero-order chi connectivity index (χ0) is 23.4. The summed E-state index contributed by atoms with van der Waals surface area (Å²) in [5.74, 6) is -0.296. The molecule has 0 spiro atoms. The van der Waals surface area contributed by atoms with Crippen LogP contribution in [0.1, 0.15) is 52.5 Å². The van der Waals surface area contributed by atoms with Gasteiger partial charge in [-0.3, -0.25) is 4.68 Å². The van der Waals surface area contributed by atoms with Crippen molar-refractivity contribution in [2.75, 3.05) is 17.2 Å². The first-order chi connectivity index (χ1) is 15.9. The monoisotopic (exact) mass is 522 g/mol. The van der Waals surface area contributed by atoms with Crippen molar-refractivity contribution in [2.45, 2.75) is 45.6 Å². The number of hydrogen-bond donors (Lipinski definition) is 2. The van der Waals surface area contributed by atoms with Crippen LogP contribution in [-0.4, -0.2) is 27.5 Å². The standard InChI is InChI=1S/C23H24Cl2N4O2S2/c1-2-31-22(30)20-17-6-4-3-5-7-19(17)33-21(20)28-23(32)27-16-11-26-29(13-16)12-14-8-9-15(24)10-18(14)25/h8-11,13H,2-7,12H2,1H3,(H2,27,28,32). The molecule has 10 heteroatoms. The second kappa shape index (κ2) is 10.9. The summed E-state index contributed by atoms with van der Waals surface area (Å²) in [5.41, 5.74) is 3.37. The summed E-state index contributed by atoms with van der Waals surface area (Å²) in [6.45, 7) is 2.65. The van der Waals surface area contributed by atoms with Crippen molar-refractivity contribution in [2.24, 2.45) is 0 Å². The molecule has 2 N–H and O–H groups in total. The molecule has 1 aliphatic rings. The van der Waals surface area contributed by atoms with Gasteiger partial charge in [-0.05, 0) is 68.1 Å². The number of aryl methyl sites for hydroxylation is 1.